The molecule has 0 unspecified atom stereocenters. The number of rotatable bonds is 8. The molecule has 0 fully saturated rings. The second-order valence-corrected chi connectivity index (χ2v) is 17.3. The Bertz CT molecular complexity index is 3570. The molecule has 11 heteroatoms. The van der Waals surface area contributed by atoms with Gasteiger partial charge in [-0.2, -0.15) is 0 Å². The van der Waals surface area contributed by atoms with Crippen molar-refractivity contribution in [2.24, 2.45) is 0 Å². The van der Waals surface area contributed by atoms with Gasteiger partial charge in [0.1, 0.15) is 41.2 Å². The molecule has 9 nitrogen and oxygen atoms in total. The van der Waals surface area contributed by atoms with Crippen molar-refractivity contribution in [3.63, 3.8) is 0 Å². The largest absolute Gasteiger partial charge is 0.399 e. The quantitative estimate of drug-likeness (QED) is 0.149. The van der Waals surface area contributed by atoms with E-state index in [1.165, 1.54) is 0 Å². The van der Waals surface area contributed by atoms with Crippen molar-refractivity contribution in [1.82, 2.24) is 15.0 Å². The third kappa shape index (κ3) is 6.51. The minimum absolute atomic E-state index is 0.0499. The van der Waals surface area contributed by atoms with Crippen LogP contribution in [-0.4, -0.2) is 15.0 Å². The molecule has 0 aliphatic heterocycles. The van der Waals surface area contributed by atoms with Crippen LogP contribution in [0.2, 0.25) is 0 Å². The van der Waals surface area contributed by atoms with Gasteiger partial charge in [0, 0.05) is 21.5 Å². The number of benzene rings is 9. The molecule has 0 radical (unpaired) electrons. The molecule has 3 aromatic heterocycles. The summed E-state index contributed by atoms with van der Waals surface area (Å²) in [5, 5.41) is 21.9. The van der Waals surface area contributed by atoms with Gasteiger partial charge in [-0.15, -0.1) is 5.10 Å². The summed E-state index contributed by atoms with van der Waals surface area (Å²) < 4.78 is 41.8. The van der Waals surface area contributed by atoms with Crippen LogP contribution in [0.25, 0.3) is 87.0 Å². The van der Waals surface area contributed by atoms with Gasteiger partial charge in [0.2, 0.25) is 0 Å². The summed E-state index contributed by atoms with van der Waals surface area (Å²) in [6.07, 6.45) is 0. The van der Waals surface area contributed by atoms with E-state index in [1.54, 1.807) is 0 Å². The zero-order valence-electron chi connectivity index (χ0n) is 33.1. The monoisotopic (exact) mass is 847 g/mol. The first-order valence-electron chi connectivity index (χ1n) is 20.3. The van der Waals surface area contributed by atoms with Crippen molar-refractivity contribution in [1.29, 1.82) is 0 Å². The van der Waals surface area contributed by atoms with Gasteiger partial charge in [0.15, 0.2) is 0 Å². The van der Waals surface area contributed by atoms with E-state index < -0.39 is 16.5 Å². The van der Waals surface area contributed by atoms with E-state index in [1.807, 2.05) is 71.4 Å². The summed E-state index contributed by atoms with van der Waals surface area (Å²) in [6, 6.07) is 59.8. The molecule has 0 N–H and O–H groups in total. The highest BCUT2D eigenvalue weighted by Crippen LogP contribution is 2.42. The number of aromatic nitrogens is 3. The Morgan fingerprint density at radius 1 is 0.403 bits per heavy atom. The predicted molar refractivity (Wildman–Crippen MR) is 249 cm³/mol. The van der Waals surface area contributed by atoms with E-state index in [0.29, 0.717) is 40.3 Å². The van der Waals surface area contributed by atoms with Gasteiger partial charge in [-0.05, 0) is 72.9 Å². The van der Waals surface area contributed by atoms with Gasteiger partial charge < -0.3 is 16.8 Å². The molecule has 62 heavy (non-hydrogen) atoms. The molecule has 0 atom stereocenters. The summed E-state index contributed by atoms with van der Waals surface area (Å²) in [4.78, 5) is 0. The third-order valence-electron chi connectivity index (χ3n) is 11.5. The maximum atomic E-state index is 6.69. The molecule has 12 rings (SSSR count). The Hall–Kier alpha value is -7.12. The number of nitrogens with zero attached hydrogens (tertiary/aromatic N) is 3. The van der Waals surface area contributed by atoms with Gasteiger partial charge in [-0.25, -0.2) is 4.68 Å². The minimum atomic E-state index is -1.94. The molecule has 0 aliphatic rings. The summed E-state index contributed by atoms with van der Waals surface area (Å²) in [7, 11) is -3.87. The molecule has 0 spiro atoms. The molecule has 300 valence electrons. The Morgan fingerprint density at radius 3 is 1.19 bits per heavy atom. The van der Waals surface area contributed by atoms with E-state index >= 15 is 0 Å². The fourth-order valence-electron chi connectivity index (χ4n) is 8.56. The van der Waals surface area contributed by atoms with Crippen LogP contribution >= 0.6 is 16.5 Å². The summed E-state index contributed by atoms with van der Waals surface area (Å²) in [5.41, 5.74) is 5.12. The van der Waals surface area contributed by atoms with E-state index in [-0.39, 0.29) is 13.2 Å². The lowest BCUT2D eigenvalue weighted by molar-refractivity contribution is 0.332. The second-order valence-electron chi connectivity index (χ2n) is 15.1. The van der Waals surface area contributed by atoms with Crippen LogP contribution in [0.4, 0.5) is 0 Å². The van der Waals surface area contributed by atoms with Crippen molar-refractivity contribution in [2.45, 2.75) is 19.8 Å². The van der Waals surface area contributed by atoms with Gasteiger partial charge in [0.25, 0.3) is 0 Å². The summed E-state index contributed by atoms with van der Waals surface area (Å²) in [6.45, 7) is 0.603. The van der Waals surface area contributed by atoms with Crippen molar-refractivity contribution in [3.8, 4) is 0 Å². The van der Waals surface area contributed by atoms with Crippen molar-refractivity contribution >= 4 is 103 Å². The molecule has 0 saturated carbocycles. The predicted octanol–water partition coefficient (Wildman–Crippen LogP) is 14.4. The van der Waals surface area contributed by atoms with Crippen molar-refractivity contribution in [3.05, 3.63) is 193 Å². The molecule has 0 amide bonds. The zero-order chi connectivity index (χ0) is 41.0. The number of hydrogen-bond donors (Lipinski definition) is 0. The first kappa shape index (κ1) is 36.7. The molecule has 9 aromatic carbocycles. The van der Waals surface area contributed by atoms with E-state index in [0.717, 1.165) is 70.2 Å². The van der Waals surface area contributed by atoms with Gasteiger partial charge in [-0.3, -0.25) is 9.05 Å². The molecule has 0 saturated heterocycles. The molecule has 0 bridgehead atoms. The molecule has 12 aromatic rings. The van der Waals surface area contributed by atoms with Crippen molar-refractivity contribution < 1.29 is 25.8 Å². The SMILES string of the molecule is c1ccc(Cn2nnc(COp3oc4ccc5ccccc5c4c4c(ccc5ccccc54)o3)c2COp2oc3ccc4ccccc4c3c3c(ccc4ccccc43)o2)cc1. The lowest BCUT2D eigenvalue weighted by Crippen LogP contribution is -2.10. The average Bonchev–Trinajstić information content (AvgIpc) is 3.50. The maximum absolute atomic E-state index is 6.69. The standard InChI is InChI=1S/C51H35N3O6P2/c1-2-12-33(13-3-1)30-54-43(32-56-62-59-46-28-24-36-16-6-10-20-40(36)50(46)51-41-21-11-7-17-37(41)25-29-47(51)60-62)42(52-53-54)31-55-61-57-44-26-22-34-14-4-8-18-38(34)48(44)49-39-19-9-5-15-35(39)23-27-45(49)58-61/h1-29H,30-32H2. The minimum Gasteiger partial charge on any atom is -0.399 e. The van der Waals surface area contributed by atoms with Crippen LogP contribution in [0.5, 0.6) is 0 Å². The highest BCUT2D eigenvalue weighted by molar-refractivity contribution is 7.32. The summed E-state index contributed by atoms with van der Waals surface area (Å²) in [5.74, 6) is 0. The van der Waals surface area contributed by atoms with Crippen LogP contribution in [0.15, 0.2) is 193 Å². The van der Waals surface area contributed by atoms with E-state index in [9.17, 15) is 0 Å². The molecule has 0 aliphatic carbocycles. The van der Waals surface area contributed by atoms with Crippen LogP contribution in [-0.2, 0) is 19.8 Å². The average molecular weight is 848 g/mol. The van der Waals surface area contributed by atoms with Gasteiger partial charge in [0.05, 0.1) is 12.2 Å². The zero-order valence-corrected chi connectivity index (χ0v) is 34.8. The maximum Gasteiger partial charge on any atom is 0.387 e. The van der Waals surface area contributed by atoms with Crippen LogP contribution in [0.3, 0.4) is 0 Å². The normalized spacial score (nSPS) is 11.9. The first-order chi connectivity index (χ1) is 30.7. The van der Waals surface area contributed by atoms with Crippen molar-refractivity contribution in [2.75, 3.05) is 0 Å². The van der Waals surface area contributed by atoms with Crippen LogP contribution < -0.4 is 9.05 Å². The lowest BCUT2D eigenvalue weighted by Gasteiger charge is -2.08. The molecular weight excluding hydrogens is 813 g/mol. The Morgan fingerprint density at radius 2 is 0.774 bits per heavy atom. The molecular formula is C51H35N3O6P2. The highest BCUT2D eigenvalue weighted by atomic mass is 31.1. The second kappa shape index (κ2) is 15.4. The van der Waals surface area contributed by atoms with E-state index in [4.69, 9.17) is 25.8 Å². The Balaban J connectivity index is 0.963. The number of hydrogen-bond acceptors (Lipinski definition) is 8. The topological polar surface area (TPSA) is 102 Å². The van der Waals surface area contributed by atoms with E-state index in [2.05, 4.69) is 120 Å². The number of fused-ring (bicyclic) bond motifs is 14. The van der Waals surface area contributed by atoms with Crippen LogP contribution in [0, 0.1) is 0 Å². The lowest BCUT2D eigenvalue weighted by atomic mass is 9.99. The smallest absolute Gasteiger partial charge is 0.387 e. The Kier molecular flexibility index (Phi) is 9.12. The fraction of sp³-hybridized carbons (Fsp3) is 0.0588. The Labute approximate surface area is 355 Å². The summed E-state index contributed by atoms with van der Waals surface area (Å²) >= 11 is 0. The van der Waals surface area contributed by atoms with Crippen LogP contribution in [0.1, 0.15) is 17.0 Å². The molecule has 3 heterocycles. The fourth-order valence-corrected chi connectivity index (χ4v) is 10.5. The first-order valence-corrected chi connectivity index (χ1v) is 22.5. The van der Waals surface area contributed by atoms with Gasteiger partial charge in [-0.1, -0.05) is 157 Å². The third-order valence-corrected chi connectivity index (χ3v) is 13.5. The van der Waals surface area contributed by atoms with Gasteiger partial charge >= 0.3 is 16.5 Å². The highest BCUT2D eigenvalue weighted by Gasteiger charge is 2.20.